The van der Waals surface area contributed by atoms with Crippen LogP contribution in [0.25, 0.3) is 11.1 Å². The minimum absolute atomic E-state index is 0.214. The Morgan fingerprint density at radius 3 is 2.75 bits per heavy atom. The van der Waals surface area contributed by atoms with Gasteiger partial charge in [-0.2, -0.15) is 5.10 Å². The Bertz CT molecular complexity index is 731. The van der Waals surface area contributed by atoms with Crippen LogP contribution in [0.5, 0.6) is 0 Å². The summed E-state index contributed by atoms with van der Waals surface area (Å²) in [5, 5.41) is 4.35. The summed E-state index contributed by atoms with van der Waals surface area (Å²) >= 11 is 0. The van der Waals surface area contributed by atoms with Crippen LogP contribution in [0.1, 0.15) is 11.1 Å². The average molecular weight is 266 g/mol. The van der Waals surface area contributed by atoms with E-state index < -0.39 is 0 Å². The van der Waals surface area contributed by atoms with E-state index in [1.807, 2.05) is 35.3 Å². The first-order chi connectivity index (χ1) is 9.72. The van der Waals surface area contributed by atoms with Gasteiger partial charge in [-0.25, -0.2) is 4.39 Å². The van der Waals surface area contributed by atoms with E-state index in [0.717, 1.165) is 11.1 Å². The van der Waals surface area contributed by atoms with E-state index >= 15 is 0 Å². The van der Waals surface area contributed by atoms with Crippen LogP contribution in [0.3, 0.4) is 0 Å². The largest absolute Gasteiger partial charge is 0.268 e. The van der Waals surface area contributed by atoms with Crippen molar-refractivity contribution >= 4 is 0 Å². The van der Waals surface area contributed by atoms with Crippen molar-refractivity contribution in [3.05, 3.63) is 77.9 Å². The Labute approximate surface area is 117 Å². The van der Waals surface area contributed by atoms with Gasteiger partial charge in [-0.1, -0.05) is 36.4 Å². The molecule has 0 N–H and O–H groups in total. The Morgan fingerprint density at radius 1 is 1.10 bits per heavy atom. The normalized spacial score (nSPS) is 10.7. The van der Waals surface area contributed by atoms with Gasteiger partial charge >= 0.3 is 0 Å². The van der Waals surface area contributed by atoms with Gasteiger partial charge in [0.15, 0.2) is 0 Å². The molecule has 2 aromatic carbocycles. The third kappa shape index (κ3) is 2.62. The van der Waals surface area contributed by atoms with Gasteiger partial charge in [0.05, 0.1) is 12.7 Å². The summed E-state index contributed by atoms with van der Waals surface area (Å²) in [7, 11) is 0. The van der Waals surface area contributed by atoms with Crippen molar-refractivity contribution in [3.63, 3.8) is 0 Å². The number of rotatable bonds is 3. The second-order valence-electron chi connectivity index (χ2n) is 4.87. The molecule has 0 atom stereocenters. The van der Waals surface area contributed by atoms with Crippen molar-refractivity contribution in [3.8, 4) is 11.1 Å². The van der Waals surface area contributed by atoms with Gasteiger partial charge in [-0.05, 0) is 35.7 Å². The zero-order valence-corrected chi connectivity index (χ0v) is 11.3. The third-order valence-electron chi connectivity index (χ3n) is 3.32. The van der Waals surface area contributed by atoms with Gasteiger partial charge in [-0.3, -0.25) is 4.68 Å². The van der Waals surface area contributed by atoms with Crippen LogP contribution in [0.15, 0.2) is 60.9 Å². The molecule has 0 saturated heterocycles. The maximum atomic E-state index is 13.2. The van der Waals surface area contributed by atoms with Crippen LogP contribution < -0.4 is 0 Å². The van der Waals surface area contributed by atoms with E-state index in [9.17, 15) is 4.39 Å². The maximum Gasteiger partial charge on any atom is 0.123 e. The van der Waals surface area contributed by atoms with Crippen molar-refractivity contribution in [2.75, 3.05) is 0 Å². The van der Waals surface area contributed by atoms with Crippen LogP contribution in [0, 0.1) is 12.7 Å². The van der Waals surface area contributed by atoms with Crippen LogP contribution in [0.4, 0.5) is 4.39 Å². The number of aryl methyl sites for hydroxylation is 1. The van der Waals surface area contributed by atoms with Gasteiger partial charge in [0.2, 0.25) is 0 Å². The first kappa shape index (κ1) is 12.6. The second kappa shape index (κ2) is 5.29. The standard InChI is InChI=1S/C17H15FN2/c1-13-5-2-3-8-17(13)15-10-19-20(12-15)11-14-6-4-7-16(18)9-14/h2-10,12H,11H2,1H3. The number of nitrogens with zero attached hydrogens (tertiary/aromatic N) is 2. The Kier molecular flexibility index (Phi) is 3.33. The monoisotopic (exact) mass is 266 g/mol. The molecule has 0 unspecified atom stereocenters. The summed E-state index contributed by atoms with van der Waals surface area (Å²) in [5.74, 6) is -0.214. The third-order valence-corrected chi connectivity index (χ3v) is 3.32. The Balaban J connectivity index is 1.86. The van der Waals surface area contributed by atoms with E-state index in [0.29, 0.717) is 6.54 Å². The minimum Gasteiger partial charge on any atom is -0.268 e. The highest BCUT2D eigenvalue weighted by Gasteiger charge is 2.05. The molecule has 0 aliphatic heterocycles. The number of hydrogen-bond donors (Lipinski definition) is 0. The molecule has 2 nitrogen and oxygen atoms in total. The Morgan fingerprint density at radius 2 is 1.95 bits per heavy atom. The summed E-state index contributed by atoms with van der Waals surface area (Å²) in [6, 6.07) is 14.8. The molecule has 0 aliphatic carbocycles. The first-order valence-electron chi connectivity index (χ1n) is 6.55. The Hall–Kier alpha value is -2.42. The van der Waals surface area contributed by atoms with Crippen LogP contribution >= 0.6 is 0 Å². The average Bonchev–Trinajstić information content (AvgIpc) is 2.87. The van der Waals surface area contributed by atoms with Gasteiger partial charge in [0, 0.05) is 11.8 Å². The lowest BCUT2D eigenvalue weighted by atomic mass is 10.0. The first-order valence-corrected chi connectivity index (χ1v) is 6.55. The molecule has 3 heteroatoms. The lowest BCUT2D eigenvalue weighted by Crippen LogP contribution is -1.99. The molecule has 3 aromatic rings. The van der Waals surface area contributed by atoms with Crippen LogP contribution in [-0.2, 0) is 6.54 Å². The number of halogens is 1. The highest BCUT2D eigenvalue weighted by molar-refractivity contribution is 5.65. The predicted molar refractivity (Wildman–Crippen MR) is 77.9 cm³/mol. The fraction of sp³-hybridized carbons (Fsp3) is 0.118. The molecule has 0 bridgehead atoms. The van der Waals surface area contributed by atoms with Crippen molar-refractivity contribution < 1.29 is 4.39 Å². The molecular weight excluding hydrogens is 251 g/mol. The molecular formula is C17H15FN2. The summed E-state index contributed by atoms with van der Waals surface area (Å²) in [4.78, 5) is 0. The predicted octanol–water partition coefficient (Wildman–Crippen LogP) is 4.05. The molecule has 0 spiro atoms. The zero-order valence-electron chi connectivity index (χ0n) is 11.3. The highest BCUT2D eigenvalue weighted by Crippen LogP contribution is 2.22. The van der Waals surface area contributed by atoms with E-state index in [1.54, 1.807) is 6.07 Å². The van der Waals surface area contributed by atoms with E-state index in [-0.39, 0.29) is 5.82 Å². The number of hydrogen-bond acceptors (Lipinski definition) is 1. The van der Waals surface area contributed by atoms with Crippen molar-refractivity contribution in [1.82, 2.24) is 9.78 Å². The summed E-state index contributed by atoms with van der Waals surface area (Å²) in [6.45, 7) is 2.66. The second-order valence-corrected chi connectivity index (χ2v) is 4.87. The van der Waals surface area contributed by atoms with Crippen molar-refractivity contribution in [2.45, 2.75) is 13.5 Å². The lowest BCUT2D eigenvalue weighted by Gasteiger charge is -2.03. The molecule has 1 heterocycles. The molecule has 100 valence electrons. The molecule has 20 heavy (non-hydrogen) atoms. The lowest BCUT2D eigenvalue weighted by molar-refractivity contribution is 0.619. The minimum atomic E-state index is -0.214. The topological polar surface area (TPSA) is 17.8 Å². The van der Waals surface area contributed by atoms with Gasteiger partial charge in [0.25, 0.3) is 0 Å². The van der Waals surface area contributed by atoms with E-state index in [2.05, 4.69) is 24.2 Å². The van der Waals surface area contributed by atoms with Gasteiger partial charge < -0.3 is 0 Å². The molecule has 3 rings (SSSR count). The fourth-order valence-corrected chi connectivity index (χ4v) is 2.31. The molecule has 0 fully saturated rings. The smallest absolute Gasteiger partial charge is 0.123 e. The number of aromatic nitrogens is 2. The SMILES string of the molecule is Cc1ccccc1-c1cnn(Cc2cccc(F)c2)c1. The van der Waals surface area contributed by atoms with Gasteiger partial charge in [0.1, 0.15) is 5.82 Å². The number of benzene rings is 2. The van der Waals surface area contributed by atoms with Crippen LogP contribution in [-0.4, -0.2) is 9.78 Å². The quantitative estimate of drug-likeness (QED) is 0.699. The zero-order chi connectivity index (χ0) is 13.9. The highest BCUT2D eigenvalue weighted by atomic mass is 19.1. The molecule has 0 saturated carbocycles. The summed E-state index contributed by atoms with van der Waals surface area (Å²) in [6.07, 6.45) is 3.84. The fourth-order valence-electron chi connectivity index (χ4n) is 2.31. The van der Waals surface area contributed by atoms with E-state index in [1.165, 1.54) is 23.3 Å². The molecule has 0 aliphatic rings. The molecule has 1 aromatic heterocycles. The molecule has 0 amide bonds. The van der Waals surface area contributed by atoms with Gasteiger partial charge in [-0.15, -0.1) is 0 Å². The summed E-state index contributed by atoms with van der Waals surface area (Å²) in [5.41, 5.74) is 4.39. The summed E-state index contributed by atoms with van der Waals surface area (Å²) < 4.78 is 15.0. The molecule has 0 radical (unpaired) electrons. The van der Waals surface area contributed by atoms with Crippen molar-refractivity contribution in [2.24, 2.45) is 0 Å². The van der Waals surface area contributed by atoms with Crippen LogP contribution in [0.2, 0.25) is 0 Å². The van der Waals surface area contributed by atoms with E-state index in [4.69, 9.17) is 0 Å². The van der Waals surface area contributed by atoms with Crippen molar-refractivity contribution in [1.29, 1.82) is 0 Å². The maximum absolute atomic E-state index is 13.2.